The van der Waals surface area contributed by atoms with Crippen LogP contribution in [0.2, 0.25) is 0 Å². The van der Waals surface area contributed by atoms with Gasteiger partial charge in [0.05, 0.1) is 33.5 Å². The van der Waals surface area contributed by atoms with Gasteiger partial charge in [-0.3, -0.25) is 0 Å². The smallest absolute Gasteiger partial charge is 0.122 e. The second kappa shape index (κ2) is 4.87. The summed E-state index contributed by atoms with van der Waals surface area (Å²) in [6.45, 7) is 2.95. The van der Waals surface area contributed by atoms with Gasteiger partial charge in [0.25, 0.3) is 0 Å². The summed E-state index contributed by atoms with van der Waals surface area (Å²) in [6.07, 6.45) is 0.628. The van der Waals surface area contributed by atoms with Crippen molar-refractivity contribution < 1.29 is 14.2 Å². The van der Waals surface area contributed by atoms with Gasteiger partial charge >= 0.3 is 0 Å². The van der Waals surface area contributed by atoms with Crippen LogP contribution in [0.5, 0.6) is 11.5 Å². The summed E-state index contributed by atoms with van der Waals surface area (Å²) in [6, 6.07) is 6.24. The average Bonchev–Trinajstić information content (AvgIpc) is 2.34. The van der Waals surface area contributed by atoms with E-state index in [0.29, 0.717) is 19.6 Å². The number of hydrogen-bond donors (Lipinski definition) is 0. The van der Waals surface area contributed by atoms with Gasteiger partial charge in [0.2, 0.25) is 0 Å². The fraction of sp³-hybridized carbons (Fsp3) is 0.500. The van der Waals surface area contributed by atoms with Gasteiger partial charge in [-0.05, 0) is 36.6 Å². The molecule has 0 aliphatic carbocycles. The zero-order chi connectivity index (χ0) is 13.2. The number of nitrogens with zero attached hydrogens (tertiary/aromatic N) is 1. The second-order valence-corrected chi connectivity index (χ2v) is 4.70. The maximum atomic E-state index is 9.24. The van der Waals surface area contributed by atoms with E-state index in [1.165, 1.54) is 0 Å². The Morgan fingerprint density at radius 2 is 1.94 bits per heavy atom. The van der Waals surface area contributed by atoms with Crippen molar-refractivity contribution in [2.75, 3.05) is 27.4 Å². The minimum Gasteiger partial charge on any atom is -0.496 e. The molecular weight excluding hydrogens is 230 g/mol. The van der Waals surface area contributed by atoms with E-state index in [-0.39, 0.29) is 0 Å². The van der Waals surface area contributed by atoms with E-state index in [9.17, 15) is 5.26 Å². The van der Waals surface area contributed by atoms with Crippen LogP contribution in [0.15, 0.2) is 12.1 Å². The molecule has 0 N–H and O–H groups in total. The van der Waals surface area contributed by atoms with Crippen molar-refractivity contribution in [3.8, 4) is 17.6 Å². The van der Waals surface area contributed by atoms with Crippen molar-refractivity contribution in [3.63, 3.8) is 0 Å². The number of rotatable bonds is 4. The Bertz CT molecular complexity index is 487. The maximum Gasteiger partial charge on any atom is 0.122 e. The molecule has 0 atom stereocenters. The van der Waals surface area contributed by atoms with Crippen LogP contribution in [0.4, 0.5) is 0 Å². The molecule has 4 heteroatoms. The normalized spacial score (nSPS) is 16.6. The molecule has 18 heavy (non-hydrogen) atoms. The van der Waals surface area contributed by atoms with Gasteiger partial charge in [-0.1, -0.05) is 0 Å². The highest BCUT2D eigenvalue weighted by molar-refractivity contribution is 5.46. The van der Waals surface area contributed by atoms with E-state index >= 15 is 0 Å². The molecule has 2 rings (SSSR count). The summed E-state index contributed by atoms with van der Waals surface area (Å²) in [4.78, 5) is 0. The van der Waals surface area contributed by atoms with Crippen LogP contribution in [0, 0.1) is 23.7 Å². The maximum absolute atomic E-state index is 9.24. The number of aryl methyl sites for hydroxylation is 1. The Balaban J connectivity index is 2.34. The highest BCUT2D eigenvalue weighted by Crippen LogP contribution is 2.36. The molecule has 1 aromatic carbocycles. The summed E-state index contributed by atoms with van der Waals surface area (Å²) in [7, 11) is 3.28. The molecule has 0 amide bonds. The molecule has 4 nitrogen and oxygen atoms in total. The molecule has 1 aliphatic heterocycles. The summed E-state index contributed by atoms with van der Waals surface area (Å²) in [5.74, 6) is 1.62. The third-order valence-corrected chi connectivity index (χ3v) is 3.32. The van der Waals surface area contributed by atoms with E-state index in [2.05, 4.69) is 6.07 Å². The molecule has 0 bridgehead atoms. The Morgan fingerprint density at radius 3 is 2.39 bits per heavy atom. The van der Waals surface area contributed by atoms with E-state index in [0.717, 1.165) is 22.6 Å². The van der Waals surface area contributed by atoms with Crippen LogP contribution in [-0.4, -0.2) is 27.4 Å². The summed E-state index contributed by atoms with van der Waals surface area (Å²) < 4.78 is 15.9. The molecule has 1 aliphatic rings. The number of benzene rings is 1. The third-order valence-electron chi connectivity index (χ3n) is 3.32. The van der Waals surface area contributed by atoms with Crippen LogP contribution < -0.4 is 9.47 Å². The van der Waals surface area contributed by atoms with E-state index in [4.69, 9.17) is 14.2 Å². The zero-order valence-electron chi connectivity index (χ0n) is 10.9. The molecule has 0 radical (unpaired) electrons. The number of methoxy groups -OCH3 is 2. The lowest BCUT2D eigenvalue weighted by molar-refractivity contribution is -0.0767. The van der Waals surface area contributed by atoms with Gasteiger partial charge in [0.1, 0.15) is 16.9 Å². The monoisotopic (exact) mass is 247 g/mol. The molecule has 1 heterocycles. The van der Waals surface area contributed by atoms with Crippen molar-refractivity contribution in [2.24, 2.45) is 5.41 Å². The lowest BCUT2D eigenvalue weighted by Crippen LogP contribution is -2.43. The molecule has 96 valence electrons. The molecule has 0 aromatic heterocycles. The SMILES string of the molecule is COc1cc(CC2(C#N)COC2)c(OC)cc1C. The third kappa shape index (κ3) is 2.14. The van der Waals surface area contributed by atoms with Gasteiger partial charge in [-0.25, -0.2) is 0 Å². The van der Waals surface area contributed by atoms with Gasteiger partial charge < -0.3 is 14.2 Å². The van der Waals surface area contributed by atoms with Gasteiger partial charge in [0.15, 0.2) is 0 Å². The summed E-state index contributed by atoms with van der Waals surface area (Å²) in [5, 5.41) is 9.24. The molecule has 1 fully saturated rings. The summed E-state index contributed by atoms with van der Waals surface area (Å²) in [5.41, 5.74) is 1.60. The predicted molar refractivity (Wildman–Crippen MR) is 66.9 cm³/mol. The molecular formula is C14H17NO3. The standard InChI is InChI=1S/C14H17NO3/c1-10-4-13(17-3)11(5-12(10)16-2)6-14(7-15)8-18-9-14/h4-5H,6,8-9H2,1-3H3. The van der Waals surface area contributed by atoms with E-state index < -0.39 is 5.41 Å². The van der Waals surface area contributed by atoms with E-state index in [1.807, 2.05) is 19.1 Å². The number of hydrogen-bond acceptors (Lipinski definition) is 4. The zero-order valence-corrected chi connectivity index (χ0v) is 10.9. The van der Waals surface area contributed by atoms with Crippen molar-refractivity contribution in [2.45, 2.75) is 13.3 Å². The Labute approximate surface area is 107 Å². The first-order chi connectivity index (χ1) is 8.64. The number of ether oxygens (including phenoxy) is 3. The van der Waals surface area contributed by atoms with Crippen molar-refractivity contribution in [1.82, 2.24) is 0 Å². The van der Waals surface area contributed by atoms with Gasteiger partial charge in [-0.2, -0.15) is 5.26 Å². The average molecular weight is 247 g/mol. The lowest BCUT2D eigenvalue weighted by atomic mass is 9.81. The highest BCUT2D eigenvalue weighted by Gasteiger charge is 2.39. The molecule has 0 spiro atoms. The minimum absolute atomic E-state index is 0.409. The summed E-state index contributed by atoms with van der Waals surface area (Å²) >= 11 is 0. The van der Waals surface area contributed by atoms with Crippen LogP contribution >= 0.6 is 0 Å². The molecule has 0 unspecified atom stereocenters. The van der Waals surface area contributed by atoms with Crippen LogP contribution in [0.1, 0.15) is 11.1 Å². The first-order valence-corrected chi connectivity index (χ1v) is 5.84. The van der Waals surface area contributed by atoms with Gasteiger partial charge in [-0.15, -0.1) is 0 Å². The quantitative estimate of drug-likeness (QED) is 0.817. The van der Waals surface area contributed by atoms with Crippen LogP contribution in [0.25, 0.3) is 0 Å². The molecule has 1 saturated heterocycles. The highest BCUT2D eigenvalue weighted by atomic mass is 16.5. The Kier molecular flexibility index (Phi) is 3.44. The molecule has 1 aromatic rings. The van der Waals surface area contributed by atoms with E-state index in [1.54, 1.807) is 14.2 Å². The van der Waals surface area contributed by atoms with Crippen molar-refractivity contribution >= 4 is 0 Å². The fourth-order valence-corrected chi connectivity index (χ4v) is 2.17. The second-order valence-electron chi connectivity index (χ2n) is 4.70. The number of nitriles is 1. The van der Waals surface area contributed by atoms with Crippen LogP contribution in [0.3, 0.4) is 0 Å². The topological polar surface area (TPSA) is 51.5 Å². The van der Waals surface area contributed by atoms with Crippen molar-refractivity contribution in [3.05, 3.63) is 23.3 Å². The van der Waals surface area contributed by atoms with Gasteiger partial charge in [0, 0.05) is 0 Å². The Hall–Kier alpha value is -1.73. The first kappa shape index (κ1) is 12.7. The fourth-order valence-electron chi connectivity index (χ4n) is 2.17. The molecule has 0 saturated carbocycles. The first-order valence-electron chi connectivity index (χ1n) is 5.84. The van der Waals surface area contributed by atoms with Crippen LogP contribution in [-0.2, 0) is 11.2 Å². The Morgan fingerprint density at radius 1 is 1.28 bits per heavy atom. The predicted octanol–water partition coefficient (Wildman–Crippen LogP) is 2.09. The largest absolute Gasteiger partial charge is 0.496 e. The van der Waals surface area contributed by atoms with Crippen molar-refractivity contribution in [1.29, 1.82) is 5.26 Å². The lowest BCUT2D eigenvalue weighted by Gasteiger charge is -2.35. The minimum atomic E-state index is -0.409.